The van der Waals surface area contributed by atoms with E-state index in [0.29, 0.717) is 15.9 Å². The Kier molecular flexibility index (Phi) is 3.56. The van der Waals surface area contributed by atoms with Gasteiger partial charge in [0.2, 0.25) is 5.43 Å². The van der Waals surface area contributed by atoms with Gasteiger partial charge in [-0.3, -0.25) is 14.3 Å². The smallest absolute Gasteiger partial charge is 0.276 e. The Bertz CT molecular complexity index is 744. The molecule has 0 atom stereocenters. The molecule has 2 rings (SSSR count). The van der Waals surface area contributed by atoms with Crippen molar-refractivity contribution in [3.8, 4) is 0 Å². The predicted molar refractivity (Wildman–Crippen MR) is 79.2 cm³/mol. The molecule has 5 nitrogen and oxygen atoms in total. The zero-order valence-electron chi connectivity index (χ0n) is 11.8. The van der Waals surface area contributed by atoms with Crippen LogP contribution in [0.5, 0.6) is 0 Å². The summed E-state index contributed by atoms with van der Waals surface area (Å²) in [6.45, 7) is 5.52. The highest BCUT2D eigenvalue weighted by atomic mass is 35.5. The van der Waals surface area contributed by atoms with E-state index in [0.717, 1.165) is 0 Å². The number of fused-ring (bicyclic) bond motifs is 1. The fourth-order valence-corrected chi connectivity index (χ4v) is 2.07. The lowest BCUT2D eigenvalue weighted by Gasteiger charge is -2.20. The van der Waals surface area contributed by atoms with E-state index in [1.54, 1.807) is 25.2 Å². The van der Waals surface area contributed by atoms with Crippen LogP contribution in [0.15, 0.2) is 23.0 Å². The van der Waals surface area contributed by atoms with Crippen molar-refractivity contribution >= 4 is 28.4 Å². The summed E-state index contributed by atoms with van der Waals surface area (Å²) in [6.07, 6.45) is 0. The predicted octanol–water partition coefficient (Wildman–Crippen LogP) is 2.12. The molecule has 6 heteroatoms. The van der Waals surface area contributed by atoms with Crippen molar-refractivity contribution in [2.24, 2.45) is 7.05 Å². The van der Waals surface area contributed by atoms with Gasteiger partial charge >= 0.3 is 0 Å². The zero-order valence-corrected chi connectivity index (χ0v) is 12.6. The molecule has 0 unspecified atom stereocenters. The molecule has 0 aliphatic carbocycles. The van der Waals surface area contributed by atoms with Gasteiger partial charge in [-0.1, -0.05) is 11.6 Å². The van der Waals surface area contributed by atoms with Crippen LogP contribution in [0, 0.1) is 0 Å². The van der Waals surface area contributed by atoms with Gasteiger partial charge in [0.25, 0.3) is 5.91 Å². The van der Waals surface area contributed by atoms with Crippen molar-refractivity contribution in [1.82, 2.24) is 15.1 Å². The molecule has 1 N–H and O–H groups in total. The second-order valence-corrected chi connectivity index (χ2v) is 6.10. The summed E-state index contributed by atoms with van der Waals surface area (Å²) in [5, 5.41) is 7.63. The molecule has 20 heavy (non-hydrogen) atoms. The molecular formula is C14H16ClN3O2. The second-order valence-electron chi connectivity index (χ2n) is 5.67. The molecule has 0 fully saturated rings. The number of aromatic nitrogens is 2. The lowest BCUT2D eigenvalue weighted by molar-refractivity contribution is 0.0911. The average molecular weight is 294 g/mol. The molecule has 0 aliphatic heterocycles. The van der Waals surface area contributed by atoms with Crippen LogP contribution in [0.2, 0.25) is 5.02 Å². The quantitative estimate of drug-likeness (QED) is 0.876. The van der Waals surface area contributed by atoms with E-state index in [9.17, 15) is 9.59 Å². The third kappa shape index (κ3) is 2.82. The van der Waals surface area contributed by atoms with E-state index in [1.807, 2.05) is 20.8 Å². The first-order chi connectivity index (χ1) is 9.19. The Labute approximate surface area is 121 Å². The molecular weight excluding hydrogens is 278 g/mol. The summed E-state index contributed by atoms with van der Waals surface area (Å²) in [4.78, 5) is 24.5. The molecule has 1 amide bonds. The van der Waals surface area contributed by atoms with Crippen LogP contribution in [-0.4, -0.2) is 21.2 Å². The van der Waals surface area contributed by atoms with Crippen LogP contribution in [-0.2, 0) is 7.05 Å². The minimum atomic E-state index is -0.486. The number of nitrogens with one attached hydrogen (secondary N) is 1. The number of rotatable bonds is 1. The number of carbonyl (C=O) groups excluding carboxylic acids is 1. The molecule has 0 radical (unpaired) electrons. The van der Waals surface area contributed by atoms with Gasteiger partial charge in [0.1, 0.15) is 0 Å². The van der Waals surface area contributed by atoms with Crippen molar-refractivity contribution in [3.63, 3.8) is 0 Å². The SMILES string of the molecule is Cn1nc(C(=O)NC(C)(C)C)c(=O)c2cc(Cl)ccc21. The van der Waals surface area contributed by atoms with Crippen molar-refractivity contribution in [2.75, 3.05) is 0 Å². The number of nitrogens with zero attached hydrogens (tertiary/aromatic N) is 2. The first-order valence-electron chi connectivity index (χ1n) is 6.18. The second kappa shape index (κ2) is 4.90. The summed E-state index contributed by atoms with van der Waals surface area (Å²) in [6, 6.07) is 4.94. The summed E-state index contributed by atoms with van der Waals surface area (Å²) in [7, 11) is 1.68. The van der Waals surface area contributed by atoms with Gasteiger partial charge in [-0.2, -0.15) is 5.10 Å². The lowest BCUT2D eigenvalue weighted by Crippen LogP contribution is -2.43. The first kappa shape index (κ1) is 14.5. The topological polar surface area (TPSA) is 64.0 Å². The van der Waals surface area contributed by atoms with Crippen molar-refractivity contribution in [2.45, 2.75) is 26.3 Å². The van der Waals surface area contributed by atoms with E-state index in [2.05, 4.69) is 10.4 Å². The van der Waals surface area contributed by atoms with E-state index < -0.39 is 16.9 Å². The summed E-state index contributed by atoms with van der Waals surface area (Å²) < 4.78 is 1.50. The maximum absolute atomic E-state index is 12.4. The molecule has 0 bridgehead atoms. The maximum Gasteiger partial charge on any atom is 0.276 e. The number of amides is 1. The highest BCUT2D eigenvalue weighted by Gasteiger charge is 2.21. The Balaban J connectivity index is 2.64. The van der Waals surface area contributed by atoms with Crippen molar-refractivity contribution in [1.29, 1.82) is 0 Å². The van der Waals surface area contributed by atoms with Gasteiger partial charge in [0.15, 0.2) is 5.69 Å². The van der Waals surface area contributed by atoms with Gasteiger partial charge in [-0.05, 0) is 39.0 Å². The Morgan fingerprint density at radius 2 is 2.00 bits per heavy atom. The number of carbonyl (C=O) groups is 1. The van der Waals surface area contributed by atoms with Gasteiger partial charge in [-0.25, -0.2) is 0 Å². The number of hydrogen-bond donors (Lipinski definition) is 1. The highest BCUT2D eigenvalue weighted by Crippen LogP contribution is 2.15. The molecule has 1 aromatic heterocycles. The number of benzene rings is 1. The average Bonchev–Trinajstić information content (AvgIpc) is 2.31. The van der Waals surface area contributed by atoms with Gasteiger partial charge in [-0.15, -0.1) is 0 Å². The minimum Gasteiger partial charge on any atom is -0.346 e. The van der Waals surface area contributed by atoms with E-state index in [4.69, 9.17) is 11.6 Å². The van der Waals surface area contributed by atoms with Crippen LogP contribution in [0.1, 0.15) is 31.3 Å². The highest BCUT2D eigenvalue weighted by molar-refractivity contribution is 6.31. The molecule has 0 aliphatic rings. The number of hydrogen-bond acceptors (Lipinski definition) is 3. The Morgan fingerprint density at radius 3 is 2.60 bits per heavy atom. The van der Waals surface area contributed by atoms with E-state index in [-0.39, 0.29) is 5.69 Å². The fraction of sp³-hybridized carbons (Fsp3) is 0.357. The molecule has 0 spiro atoms. The van der Waals surface area contributed by atoms with E-state index in [1.165, 1.54) is 4.68 Å². The molecule has 0 saturated carbocycles. The van der Waals surface area contributed by atoms with Gasteiger partial charge in [0.05, 0.1) is 10.9 Å². The molecule has 0 saturated heterocycles. The van der Waals surface area contributed by atoms with Gasteiger partial charge in [0, 0.05) is 17.6 Å². The Morgan fingerprint density at radius 1 is 1.35 bits per heavy atom. The Hall–Kier alpha value is -1.88. The van der Waals surface area contributed by atoms with Crippen molar-refractivity contribution in [3.05, 3.63) is 39.1 Å². The minimum absolute atomic E-state index is 0.128. The van der Waals surface area contributed by atoms with Gasteiger partial charge < -0.3 is 5.32 Å². The number of aryl methyl sites for hydroxylation is 1. The first-order valence-corrected chi connectivity index (χ1v) is 6.56. The van der Waals surface area contributed by atoms with E-state index >= 15 is 0 Å². The fourth-order valence-electron chi connectivity index (χ4n) is 1.90. The van der Waals surface area contributed by atoms with Crippen LogP contribution < -0.4 is 10.7 Å². The standard InChI is InChI=1S/C14H16ClN3O2/c1-14(2,3)16-13(20)11-12(19)9-7-8(15)5-6-10(9)18(4)17-11/h5-7H,1-4H3,(H,16,20). The summed E-state index contributed by atoms with van der Waals surface area (Å²) in [5.41, 5.74) is -0.348. The summed E-state index contributed by atoms with van der Waals surface area (Å²) >= 11 is 5.91. The normalized spacial score (nSPS) is 11.7. The van der Waals surface area contributed by atoms with Crippen LogP contribution in [0.3, 0.4) is 0 Å². The third-order valence-electron chi connectivity index (χ3n) is 2.72. The molecule has 2 aromatic rings. The maximum atomic E-state index is 12.4. The van der Waals surface area contributed by atoms with Crippen LogP contribution in [0.4, 0.5) is 0 Å². The molecule has 1 heterocycles. The van der Waals surface area contributed by atoms with Crippen LogP contribution in [0.25, 0.3) is 10.9 Å². The third-order valence-corrected chi connectivity index (χ3v) is 2.96. The zero-order chi connectivity index (χ0) is 15.1. The largest absolute Gasteiger partial charge is 0.346 e. The molecule has 1 aromatic carbocycles. The molecule has 106 valence electrons. The number of halogens is 1. The van der Waals surface area contributed by atoms with Crippen LogP contribution >= 0.6 is 11.6 Å². The lowest BCUT2D eigenvalue weighted by atomic mass is 10.1. The summed E-state index contributed by atoms with van der Waals surface area (Å²) in [5.74, 6) is -0.486. The van der Waals surface area contributed by atoms with Crippen molar-refractivity contribution < 1.29 is 4.79 Å². The monoisotopic (exact) mass is 293 g/mol.